The number of rotatable bonds is 2. The second kappa shape index (κ2) is 5.51. The monoisotopic (exact) mass is 303 g/mol. The van der Waals surface area contributed by atoms with Gasteiger partial charge in [-0.05, 0) is 32.9 Å². The maximum atomic E-state index is 2.57. The van der Waals surface area contributed by atoms with Crippen molar-refractivity contribution in [3.63, 3.8) is 0 Å². The van der Waals surface area contributed by atoms with Crippen LogP contribution in [-0.4, -0.2) is 25.5 Å². The van der Waals surface area contributed by atoms with Crippen molar-refractivity contribution in [2.24, 2.45) is 0 Å². The Bertz CT molecular complexity index is 297. The van der Waals surface area contributed by atoms with Gasteiger partial charge < -0.3 is 17.0 Å². The second-order valence-corrected chi connectivity index (χ2v) is 10.0. The summed E-state index contributed by atoms with van der Waals surface area (Å²) in [6.07, 6.45) is 0. The Morgan fingerprint density at radius 3 is 1.69 bits per heavy atom. The quantitative estimate of drug-likeness (QED) is 0.740. The standard InChI is InChI=1S/C13H23NP.BrH/c1-13(2,3)14(15(4,5)6)12-10-8-7-9-11-12;/h7-11H,1-6H3;1H/q+1;/p-1. The van der Waals surface area contributed by atoms with Crippen LogP contribution in [0.2, 0.25) is 0 Å². The third kappa shape index (κ3) is 4.07. The highest BCUT2D eigenvalue weighted by atomic mass is 79.9. The van der Waals surface area contributed by atoms with Crippen LogP contribution in [0.1, 0.15) is 20.8 Å². The molecule has 0 saturated heterocycles. The Hall–Kier alpha value is -0.0700. The van der Waals surface area contributed by atoms with Gasteiger partial charge in [0.05, 0.1) is 38.6 Å². The van der Waals surface area contributed by atoms with Crippen LogP contribution in [0.25, 0.3) is 0 Å². The predicted octanol–water partition coefficient (Wildman–Crippen LogP) is 1.12. The zero-order chi connectivity index (χ0) is 11.7. The number of hydrogen-bond acceptors (Lipinski definition) is 1. The minimum Gasteiger partial charge on any atom is -1.00 e. The molecule has 1 nitrogen and oxygen atoms in total. The van der Waals surface area contributed by atoms with Crippen molar-refractivity contribution in [3.05, 3.63) is 30.3 Å². The van der Waals surface area contributed by atoms with Crippen molar-refractivity contribution in [1.29, 1.82) is 0 Å². The minimum absolute atomic E-state index is 0. The first kappa shape index (κ1) is 15.9. The predicted molar refractivity (Wildman–Crippen MR) is 73.4 cm³/mol. The highest BCUT2D eigenvalue weighted by molar-refractivity contribution is 7.75. The molecule has 0 heterocycles. The average molecular weight is 304 g/mol. The van der Waals surface area contributed by atoms with E-state index in [1.54, 1.807) is 0 Å². The zero-order valence-electron chi connectivity index (χ0n) is 11.2. The molecule has 0 aromatic heterocycles. The van der Waals surface area contributed by atoms with E-state index in [0.29, 0.717) is 0 Å². The molecule has 0 fully saturated rings. The molecule has 16 heavy (non-hydrogen) atoms. The maximum absolute atomic E-state index is 2.57. The summed E-state index contributed by atoms with van der Waals surface area (Å²) >= 11 is 0. The number of hydrogen-bond donors (Lipinski definition) is 0. The molecule has 3 heteroatoms. The summed E-state index contributed by atoms with van der Waals surface area (Å²) in [5.41, 5.74) is 1.53. The summed E-state index contributed by atoms with van der Waals surface area (Å²) in [4.78, 5) is 0. The van der Waals surface area contributed by atoms with Gasteiger partial charge in [-0.3, -0.25) is 0 Å². The second-order valence-electron chi connectivity index (χ2n) is 5.76. The Morgan fingerprint density at radius 1 is 0.938 bits per heavy atom. The van der Waals surface area contributed by atoms with E-state index in [4.69, 9.17) is 0 Å². The molecule has 92 valence electrons. The first-order valence-electron chi connectivity index (χ1n) is 5.40. The van der Waals surface area contributed by atoms with E-state index in [1.807, 2.05) is 0 Å². The first-order chi connectivity index (χ1) is 6.73. The molecule has 1 aromatic rings. The molecule has 0 spiro atoms. The van der Waals surface area contributed by atoms with Gasteiger partial charge in [0.1, 0.15) is 0 Å². The summed E-state index contributed by atoms with van der Waals surface area (Å²) in [5.74, 6) is 0. The average Bonchev–Trinajstić information content (AvgIpc) is 2.00. The van der Waals surface area contributed by atoms with Crippen molar-refractivity contribution in [2.45, 2.75) is 26.3 Å². The molecular formula is C13H23BrNP. The van der Waals surface area contributed by atoms with E-state index in [1.165, 1.54) is 5.69 Å². The fourth-order valence-electron chi connectivity index (χ4n) is 2.20. The van der Waals surface area contributed by atoms with Crippen LogP contribution >= 0.6 is 7.41 Å². The van der Waals surface area contributed by atoms with Gasteiger partial charge in [-0.1, -0.05) is 18.2 Å². The lowest BCUT2D eigenvalue weighted by molar-refractivity contribution is -0.00000404. The highest BCUT2D eigenvalue weighted by Crippen LogP contribution is 2.56. The topological polar surface area (TPSA) is 3.24 Å². The van der Waals surface area contributed by atoms with Gasteiger partial charge in [0.25, 0.3) is 0 Å². The summed E-state index contributed by atoms with van der Waals surface area (Å²) in [6, 6.07) is 10.7. The zero-order valence-corrected chi connectivity index (χ0v) is 13.6. The number of para-hydroxylation sites is 1. The van der Waals surface area contributed by atoms with Crippen LogP contribution in [0.5, 0.6) is 0 Å². The largest absolute Gasteiger partial charge is 1.00 e. The van der Waals surface area contributed by atoms with Crippen molar-refractivity contribution in [2.75, 3.05) is 24.7 Å². The van der Waals surface area contributed by atoms with E-state index >= 15 is 0 Å². The van der Waals surface area contributed by atoms with Gasteiger partial charge in [0, 0.05) is 0 Å². The molecule has 0 aliphatic heterocycles. The number of nitrogens with zero attached hydrogens (tertiary/aromatic N) is 1. The fourth-order valence-corrected chi connectivity index (χ4v) is 4.83. The number of benzene rings is 1. The normalized spacial score (nSPS) is 11.9. The molecule has 1 aromatic carbocycles. The number of anilines is 1. The van der Waals surface area contributed by atoms with Crippen molar-refractivity contribution >= 4 is 13.1 Å². The lowest BCUT2D eigenvalue weighted by Gasteiger charge is -2.40. The summed E-state index contributed by atoms with van der Waals surface area (Å²) in [6.45, 7) is 13.9. The van der Waals surface area contributed by atoms with Gasteiger partial charge >= 0.3 is 0 Å². The SMILES string of the molecule is CC(C)(C)N(c1ccccc1)[P+](C)(C)C.[Br-]. The minimum atomic E-state index is -1.04. The van der Waals surface area contributed by atoms with Gasteiger partial charge in [-0.25, -0.2) is 4.67 Å². The molecule has 0 bridgehead atoms. The molecule has 0 saturated carbocycles. The van der Waals surface area contributed by atoms with Crippen LogP contribution in [0, 0.1) is 0 Å². The van der Waals surface area contributed by atoms with Crippen molar-refractivity contribution in [3.8, 4) is 0 Å². The molecular weight excluding hydrogens is 281 g/mol. The molecule has 0 N–H and O–H groups in total. The Morgan fingerprint density at radius 2 is 1.38 bits per heavy atom. The molecule has 0 atom stereocenters. The number of halogens is 1. The van der Waals surface area contributed by atoms with Crippen LogP contribution < -0.4 is 21.7 Å². The van der Waals surface area contributed by atoms with Gasteiger partial charge in [-0.2, -0.15) is 0 Å². The Balaban J connectivity index is 0.00000225. The Kier molecular flexibility index (Phi) is 5.49. The van der Waals surface area contributed by atoms with E-state index in [-0.39, 0.29) is 22.5 Å². The van der Waals surface area contributed by atoms with E-state index < -0.39 is 7.41 Å². The van der Waals surface area contributed by atoms with Crippen LogP contribution in [-0.2, 0) is 0 Å². The lowest BCUT2D eigenvalue weighted by atomic mass is 10.1. The van der Waals surface area contributed by atoms with Gasteiger partial charge in [0.2, 0.25) is 0 Å². The summed E-state index contributed by atoms with van der Waals surface area (Å²) < 4.78 is 2.57. The smallest absolute Gasteiger partial charge is 0.0968 e. The third-order valence-corrected chi connectivity index (χ3v) is 4.27. The van der Waals surface area contributed by atoms with E-state index in [0.717, 1.165) is 0 Å². The lowest BCUT2D eigenvalue weighted by Crippen LogP contribution is -3.00. The van der Waals surface area contributed by atoms with Crippen LogP contribution in [0.15, 0.2) is 30.3 Å². The third-order valence-electron chi connectivity index (χ3n) is 2.24. The molecule has 0 radical (unpaired) electrons. The van der Waals surface area contributed by atoms with Crippen molar-refractivity contribution in [1.82, 2.24) is 0 Å². The summed E-state index contributed by atoms with van der Waals surface area (Å²) in [7, 11) is -1.04. The van der Waals surface area contributed by atoms with Crippen molar-refractivity contribution < 1.29 is 17.0 Å². The van der Waals surface area contributed by atoms with E-state index in [9.17, 15) is 0 Å². The first-order valence-corrected chi connectivity index (χ1v) is 8.48. The molecule has 1 rings (SSSR count). The van der Waals surface area contributed by atoms with E-state index in [2.05, 4.69) is 75.8 Å². The van der Waals surface area contributed by atoms with Crippen LogP contribution in [0.4, 0.5) is 5.69 Å². The molecule has 0 aliphatic rings. The maximum Gasteiger partial charge on any atom is 0.0968 e. The van der Waals surface area contributed by atoms with Gasteiger partial charge in [-0.15, -0.1) is 0 Å². The van der Waals surface area contributed by atoms with Crippen LogP contribution in [0.3, 0.4) is 0 Å². The Labute approximate surface area is 111 Å². The fraction of sp³-hybridized carbons (Fsp3) is 0.538. The molecule has 0 aliphatic carbocycles. The molecule has 0 amide bonds. The van der Waals surface area contributed by atoms with Gasteiger partial charge in [0.15, 0.2) is 0 Å². The molecule has 0 unspecified atom stereocenters. The highest BCUT2D eigenvalue weighted by Gasteiger charge is 2.37. The summed E-state index contributed by atoms with van der Waals surface area (Å²) in [5, 5.41) is 0.